The Morgan fingerprint density at radius 2 is 2.00 bits per heavy atom. The van der Waals surface area contributed by atoms with Crippen molar-refractivity contribution in [3.05, 3.63) is 28.8 Å². The van der Waals surface area contributed by atoms with Crippen molar-refractivity contribution in [2.75, 3.05) is 31.2 Å². The first-order valence-electron chi connectivity index (χ1n) is 7.15. The lowest BCUT2D eigenvalue weighted by atomic mass is 10.1. The minimum absolute atomic E-state index is 0.242. The van der Waals surface area contributed by atoms with Gasteiger partial charge in [-0.2, -0.15) is 0 Å². The van der Waals surface area contributed by atoms with Gasteiger partial charge in [0.15, 0.2) is 5.79 Å². The maximum atomic E-state index is 11.4. The molecule has 2 heterocycles. The van der Waals surface area contributed by atoms with E-state index in [2.05, 4.69) is 4.90 Å². The smallest absolute Gasteiger partial charge is 0.337 e. The summed E-state index contributed by atoms with van der Waals surface area (Å²) in [7, 11) is 0. The summed E-state index contributed by atoms with van der Waals surface area (Å²) >= 11 is 5.91. The number of carbonyl (C=O) groups is 1. The Morgan fingerprint density at radius 1 is 1.24 bits per heavy atom. The molecule has 1 aromatic rings. The highest BCUT2D eigenvalue weighted by Crippen LogP contribution is 2.34. The summed E-state index contributed by atoms with van der Waals surface area (Å²) in [6.45, 7) is 2.78. The van der Waals surface area contributed by atoms with Crippen LogP contribution in [-0.4, -0.2) is 43.2 Å². The Bertz CT molecular complexity index is 542. The van der Waals surface area contributed by atoms with Crippen LogP contribution in [0.1, 0.15) is 29.6 Å². The van der Waals surface area contributed by atoms with E-state index in [-0.39, 0.29) is 5.56 Å². The molecule has 0 bridgehead atoms. The van der Waals surface area contributed by atoms with E-state index in [1.54, 1.807) is 12.1 Å². The van der Waals surface area contributed by atoms with Crippen molar-refractivity contribution < 1.29 is 19.4 Å². The van der Waals surface area contributed by atoms with Gasteiger partial charge >= 0.3 is 5.97 Å². The normalized spacial score (nSPS) is 21.5. The van der Waals surface area contributed by atoms with Gasteiger partial charge in [-0.3, -0.25) is 0 Å². The van der Waals surface area contributed by atoms with Crippen LogP contribution in [-0.2, 0) is 9.47 Å². The summed E-state index contributed by atoms with van der Waals surface area (Å²) in [5, 5.41) is 9.80. The van der Waals surface area contributed by atoms with Crippen LogP contribution in [0.5, 0.6) is 0 Å². The molecule has 0 unspecified atom stereocenters. The molecule has 1 N–H and O–H groups in total. The summed E-state index contributed by atoms with van der Waals surface area (Å²) in [5.41, 5.74) is 0.952. The van der Waals surface area contributed by atoms with Crippen LogP contribution in [0.25, 0.3) is 0 Å². The van der Waals surface area contributed by atoms with Gasteiger partial charge in [0, 0.05) is 31.0 Å². The summed E-state index contributed by atoms with van der Waals surface area (Å²) in [6.07, 6.45) is 2.50. The van der Waals surface area contributed by atoms with Crippen LogP contribution in [0.15, 0.2) is 18.2 Å². The van der Waals surface area contributed by atoms with E-state index in [0.29, 0.717) is 30.5 Å². The highest BCUT2D eigenvalue weighted by Gasteiger charge is 2.38. The van der Waals surface area contributed by atoms with E-state index < -0.39 is 11.8 Å². The number of halogens is 1. The molecular formula is C15H18ClNO4. The van der Waals surface area contributed by atoms with Crippen molar-refractivity contribution in [1.29, 1.82) is 0 Å². The maximum Gasteiger partial charge on any atom is 0.337 e. The van der Waals surface area contributed by atoms with Gasteiger partial charge in [-0.25, -0.2) is 4.79 Å². The SMILES string of the molecule is O=C(O)c1cc(Cl)ccc1N1CCCC2(CC1)OCCO2. The number of ether oxygens (including phenoxy) is 2. The molecule has 6 heteroatoms. The molecule has 3 rings (SSSR count). The Labute approximate surface area is 128 Å². The zero-order chi connectivity index (χ0) is 14.9. The monoisotopic (exact) mass is 311 g/mol. The Hall–Kier alpha value is -1.30. The third kappa shape index (κ3) is 3.00. The number of anilines is 1. The number of aromatic carboxylic acids is 1. The fraction of sp³-hybridized carbons (Fsp3) is 0.533. The molecule has 2 saturated heterocycles. The Morgan fingerprint density at radius 3 is 2.71 bits per heavy atom. The molecule has 1 spiro atoms. The van der Waals surface area contributed by atoms with Gasteiger partial charge in [-0.05, 0) is 24.6 Å². The van der Waals surface area contributed by atoms with Crippen molar-refractivity contribution in [2.45, 2.75) is 25.0 Å². The Balaban J connectivity index is 1.82. The molecule has 0 saturated carbocycles. The molecule has 0 aromatic heterocycles. The zero-order valence-electron chi connectivity index (χ0n) is 11.7. The average Bonchev–Trinajstić information content (AvgIpc) is 2.81. The van der Waals surface area contributed by atoms with Crippen LogP contribution >= 0.6 is 11.6 Å². The highest BCUT2D eigenvalue weighted by molar-refractivity contribution is 6.31. The molecule has 2 aliphatic heterocycles. The van der Waals surface area contributed by atoms with Crippen molar-refractivity contribution in [3.63, 3.8) is 0 Å². The van der Waals surface area contributed by atoms with Crippen LogP contribution in [0.3, 0.4) is 0 Å². The van der Waals surface area contributed by atoms with Gasteiger partial charge in [-0.1, -0.05) is 11.6 Å². The van der Waals surface area contributed by atoms with Gasteiger partial charge in [0.05, 0.1) is 24.5 Å². The maximum absolute atomic E-state index is 11.4. The van der Waals surface area contributed by atoms with Crippen LogP contribution in [0, 0.1) is 0 Å². The van der Waals surface area contributed by atoms with Gasteiger partial charge in [0.1, 0.15) is 0 Å². The van der Waals surface area contributed by atoms with Crippen molar-refractivity contribution in [3.8, 4) is 0 Å². The third-order valence-corrected chi connectivity index (χ3v) is 4.33. The number of benzene rings is 1. The van der Waals surface area contributed by atoms with Gasteiger partial charge in [-0.15, -0.1) is 0 Å². The second-order valence-corrected chi connectivity index (χ2v) is 5.85. The predicted molar refractivity (Wildman–Crippen MR) is 79.1 cm³/mol. The standard InChI is InChI=1S/C15H18ClNO4/c16-11-2-3-13(12(10-11)14(18)19)17-6-1-4-15(5-7-17)20-8-9-21-15/h2-3,10H,1,4-9H2,(H,18,19). The number of carboxylic acids is 1. The molecule has 114 valence electrons. The molecule has 0 atom stereocenters. The number of hydrogen-bond donors (Lipinski definition) is 1. The van der Waals surface area contributed by atoms with Gasteiger partial charge in [0.25, 0.3) is 0 Å². The number of rotatable bonds is 2. The van der Waals surface area contributed by atoms with Crippen LogP contribution < -0.4 is 4.90 Å². The molecule has 0 aliphatic carbocycles. The van der Waals surface area contributed by atoms with E-state index in [0.717, 1.165) is 25.8 Å². The van der Waals surface area contributed by atoms with E-state index in [9.17, 15) is 9.90 Å². The lowest BCUT2D eigenvalue weighted by Crippen LogP contribution is -2.32. The number of nitrogens with zero attached hydrogens (tertiary/aromatic N) is 1. The summed E-state index contributed by atoms with van der Waals surface area (Å²) < 4.78 is 11.5. The van der Waals surface area contributed by atoms with E-state index >= 15 is 0 Å². The minimum atomic E-state index is -0.958. The first kappa shape index (κ1) is 14.6. The fourth-order valence-electron chi connectivity index (χ4n) is 3.06. The molecule has 2 fully saturated rings. The van der Waals surface area contributed by atoms with E-state index in [1.165, 1.54) is 6.07 Å². The molecule has 21 heavy (non-hydrogen) atoms. The zero-order valence-corrected chi connectivity index (χ0v) is 12.4. The van der Waals surface area contributed by atoms with E-state index in [4.69, 9.17) is 21.1 Å². The molecule has 2 aliphatic rings. The number of carboxylic acid groups (broad SMARTS) is 1. The molecule has 0 amide bonds. The topological polar surface area (TPSA) is 59.0 Å². The van der Waals surface area contributed by atoms with Crippen LogP contribution in [0.2, 0.25) is 5.02 Å². The first-order chi connectivity index (χ1) is 10.1. The highest BCUT2D eigenvalue weighted by atomic mass is 35.5. The fourth-order valence-corrected chi connectivity index (χ4v) is 3.24. The van der Waals surface area contributed by atoms with Crippen molar-refractivity contribution in [2.24, 2.45) is 0 Å². The van der Waals surface area contributed by atoms with Crippen molar-refractivity contribution in [1.82, 2.24) is 0 Å². The summed E-state index contributed by atoms with van der Waals surface area (Å²) in [6, 6.07) is 5.01. The van der Waals surface area contributed by atoms with Gasteiger partial charge in [0.2, 0.25) is 0 Å². The second-order valence-electron chi connectivity index (χ2n) is 5.41. The molecule has 1 aromatic carbocycles. The molecular weight excluding hydrogens is 294 g/mol. The van der Waals surface area contributed by atoms with E-state index in [1.807, 2.05) is 0 Å². The quantitative estimate of drug-likeness (QED) is 0.910. The Kier molecular flexibility index (Phi) is 4.06. The lowest BCUT2D eigenvalue weighted by Gasteiger charge is -2.27. The van der Waals surface area contributed by atoms with Crippen molar-refractivity contribution >= 4 is 23.3 Å². The molecule has 5 nitrogen and oxygen atoms in total. The number of hydrogen-bond acceptors (Lipinski definition) is 4. The minimum Gasteiger partial charge on any atom is -0.478 e. The molecule has 0 radical (unpaired) electrons. The average molecular weight is 312 g/mol. The third-order valence-electron chi connectivity index (χ3n) is 4.09. The summed E-state index contributed by atoms with van der Waals surface area (Å²) in [4.78, 5) is 13.5. The van der Waals surface area contributed by atoms with Crippen LogP contribution in [0.4, 0.5) is 5.69 Å². The van der Waals surface area contributed by atoms with Gasteiger partial charge < -0.3 is 19.5 Å². The first-order valence-corrected chi connectivity index (χ1v) is 7.53. The summed E-state index contributed by atoms with van der Waals surface area (Å²) in [5.74, 6) is -1.43. The lowest BCUT2D eigenvalue weighted by molar-refractivity contribution is -0.162. The second kappa shape index (κ2) is 5.83. The largest absolute Gasteiger partial charge is 0.478 e. The predicted octanol–water partition coefficient (Wildman–Crippen LogP) is 2.77.